The van der Waals surface area contributed by atoms with Crippen molar-refractivity contribution in [1.29, 1.82) is 0 Å². The molecule has 0 saturated carbocycles. The van der Waals surface area contributed by atoms with Crippen LogP contribution in [0.3, 0.4) is 0 Å². The van der Waals surface area contributed by atoms with Crippen molar-refractivity contribution in [2.75, 3.05) is 57.8 Å². The molecule has 1 aromatic heterocycles. The summed E-state index contributed by atoms with van der Waals surface area (Å²) in [5.74, 6) is 1.82. The normalized spacial score (nSPS) is 15.3. The first-order chi connectivity index (χ1) is 14.7. The zero-order valence-corrected chi connectivity index (χ0v) is 18.6. The summed E-state index contributed by atoms with van der Waals surface area (Å²) in [6.45, 7) is 11.9. The van der Waals surface area contributed by atoms with Crippen LogP contribution in [0, 0.1) is 6.92 Å². The molecule has 30 heavy (non-hydrogen) atoms. The molecule has 3 rings (SSSR count). The molecule has 0 amide bonds. The van der Waals surface area contributed by atoms with Crippen LogP contribution >= 0.6 is 0 Å². The minimum atomic E-state index is 0.836. The van der Waals surface area contributed by atoms with Crippen molar-refractivity contribution in [3.8, 4) is 0 Å². The molecule has 2 aromatic rings. The highest BCUT2D eigenvalue weighted by molar-refractivity contribution is 5.79. The smallest absolute Gasteiger partial charge is 0.225 e. The molecule has 162 valence electrons. The maximum atomic E-state index is 4.85. The molecule has 0 atom stereocenters. The highest BCUT2D eigenvalue weighted by Gasteiger charge is 2.18. The Bertz CT molecular complexity index is 768. The Hall–Kier alpha value is -2.67. The summed E-state index contributed by atoms with van der Waals surface area (Å²) in [6, 6.07) is 10.6. The number of nitrogens with one attached hydrogen (secondary N) is 1. The lowest BCUT2D eigenvalue weighted by Crippen LogP contribution is -2.47. The Balaban J connectivity index is 1.41. The van der Waals surface area contributed by atoms with Gasteiger partial charge in [0, 0.05) is 71.8 Å². The Morgan fingerprint density at radius 2 is 1.80 bits per heavy atom. The van der Waals surface area contributed by atoms with Gasteiger partial charge in [-0.3, -0.25) is 9.89 Å². The van der Waals surface area contributed by atoms with Crippen LogP contribution in [0.5, 0.6) is 0 Å². The number of aromatic nitrogens is 2. The van der Waals surface area contributed by atoms with Crippen LogP contribution in [0.4, 0.5) is 5.95 Å². The fourth-order valence-electron chi connectivity index (χ4n) is 3.62. The largest absolute Gasteiger partial charge is 0.357 e. The standard InChI is InChI=1S/C23H35N7/c1-4-24-22(28(3)19-21-9-7-20(2)8-10-21)25-13-6-14-29-15-17-30(18-16-29)23-26-11-5-12-27-23/h5,7-12H,4,6,13-19H2,1-3H3,(H,24,25). The van der Waals surface area contributed by atoms with Gasteiger partial charge in [-0.25, -0.2) is 9.97 Å². The van der Waals surface area contributed by atoms with E-state index in [1.165, 1.54) is 11.1 Å². The Labute approximate surface area is 180 Å². The van der Waals surface area contributed by atoms with E-state index in [4.69, 9.17) is 4.99 Å². The van der Waals surface area contributed by atoms with Gasteiger partial charge < -0.3 is 15.1 Å². The van der Waals surface area contributed by atoms with Gasteiger partial charge in [-0.15, -0.1) is 0 Å². The summed E-state index contributed by atoms with van der Waals surface area (Å²) in [6.07, 6.45) is 4.68. The molecule has 0 aliphatic carbocycles. The van der Waals surface area contributed by atoms with E-state index >= 15 is 0 Å². The molecule has 0 radical (unpaired) electrons. The first-order valence-electron chi connectivity index (χ1n) is 10.9. The van der Waals surface area contributed by atoms with Crippen LogP contribution in [0.1, 0.15) is 24.5 Å². The lowest BCUT2D eigenvalue weighted by Gasteiger charge is -2.34. The Morgan fingerprint density at radius 3 is 2.47 bits per heavy atom. The monoisotopic (exact) mass is 409 g/mol. The van der Waals surface area contributed by atoms with Gasteiger partial charge >= 0.3 is 0 Å². The zero-order valence-electron chi connectivity index (χ0n) is 18.6. The molecule has 2 heterocycles. The fourth-order valence-corrected chi connectivity index (χ4v) is 3.62. The highest BCUT2D eigenvalue weighted by Crippen LogP contribution is 2.10. The number of hydrogen-bond donors (Lipinski definition) is 1. The van der Waals surface area contributed by atoms with E-state index < -0.39 is 0 Å². The summed E-state index contributed by atoms with van der Waals surface area (Å²) < 4.78 is 0. The van der Waals surface area contributed by atoms with Crippen LogP contribution in [0.25, 0.3) is 0 Å². The summed E-state index contributed by atoms with van der Waals surface area (Å²) in [5.41, 5.74) is 2.59. The predicted molar refractivity (Wildman–Crippen MR) is 124 cm³/mol. The quantitative estimate of drug-likeness (QED) is 0.410. The summed E-state index contributed by atoms with van der Waals surface area (Å²) in [4.78, 5) is 20.5. The van der Waals surface area contributed by atoms with Crippen molar-refractivity contribution in [3.05, 3.63) is 53.9 Å². The lowest BCUT2D eigenvalue weighted by atomic mass is 10.1. The van der Waals surface area contributed by atoms with Crippen LogP contribution in [0.2, 0.25) is 0 Å². The zero-order chi connectivity index (χ0) is 21.2. The van der Waals surface area contributed by atoms with Crippen molar-refractivity contribution >= 4 is 11.9 Å². The number of rotatable bonds is 8. The van der Waals surface area contributed by atoms with Crippen molar-refractivity contribution in [3.63, 3.8) is 0 Å². The van der Waals surface area contributed by atoms with E-state index in [1.807, 2.05) is 18.5 Å². The van der Waals surface area contributed by atoms with Crippen molar-refractivity contribution in [2.45, 2.75) is 26.8 Å². The number of hydrogen-bond acceptors (Lipinski definition) is 5. The summed E-state index contributed by atoms with van der Waals surface area (Å²) in [5, 5.41) is 3.42. The molecular formula is C23H35N7. The van der Waals surface area contributed by atoms with Gasteiger partial charge in [0.2, 0.25) is 5.95 Å². The molecule has 7 heteroatoms. The molecule has 1 aliphatic rings. The topological polar surface area (TPSA) is 59.9 Å². The molecule has 1 aromatic carbocycles. The van der Waals surface area contributed by atoms with Crippen molar-refractivity contribution < 1.29 is 0 Å². The van der Waals surface area contributed by atoms with Gasteiger partial charge in [-0.05, 0) is 31.9 Å². The predicted octanol–water partition coefficient (Wildman–Crippen LogP) is 2.39. The average Bonchev–Trinajstić information content (AvgIpc) is 2.78. The van der Waals surface area contributed by atoms with E-state index in [0.717, 1.165) is 70.7 Å². The number of benzene rings is 1. The number of anilines is 1. The van der Waals surface area contributed by atoms with E-state index in [2.05, 4.69) is 75.1 Å². The molecule has 0 bridgehead atoms. The van der Waals surface area contributed by atoms with Crippen LogP contribution in [-0.2, 0) is 6.54 Å². The van der Waals surface area contributed by atoms with Gasteiger partial charge in [0.25, 0.3) is 0 Å². The second-order valence-electron chi connectivity index (χ2n) is 7.81. The van der Waals surface area contributed by atoms with E-state index in [-0.39, 0.29) is 0 Å². The Morgan fingerprint density at radius 1 is 1.10 bits per heavy atom. The number of piperazine rings is 1. The molecule has 0 spiro atoms. The third kappa shape index (κ3) is 6.69. The second-order valence-corrected chi connectivity index (χ2v) is 7.81. The highest BCUT2D eigenvalue weighted by atomic mass is 15.3. The SMILES string of the molecule is CCNC(=NCCCN1CCN(c2ncccn2)CC1)N(C)Cc1ccc(C)cc1. The van der Waals surface area contributed by atoms with Gasteiger partial charge in [0.05, 0.1) is 0 Å². The van der Waals surface area contributed by atoms with Crippen LogP contribution < -0.4 is 10.2 Å². The van der Waals surface area contributed by atoms with Gasteiger partial charge in [-0.2, -0.15) is 0 Å². The molecule has 7 nitrogen and oxygen atoms in total. The minimum absolute atomic E-state index is 0.836. The van der Waals surface area contributed by atoms with Crippen LogP contribution in [-0.4, -0.2) is 78.6 Å². The number of nitrogens with zero attached hydrogens (tertiary/aromatic N) is 6. The van der Waals surface area contributed by atoms with Crippen molar-refractivity contribution in [1.82, 2.24) is 25.1 Å². The Kier molecular flexibility index (Phi) is 8.44. The molecule has 1 N–H and O–H groups in total. The van der Waals surface area contributed by atoms with Gasteiger partial charge in [0.15, 0.2) is 5.96 Å². The van der Waals surface area contributed by atoms with Gasteiger partial charge in [-0.1, -0.05) is 29.8 Å². The first kappa shape index (κ1) is 22.0. The lowest BCUT2D eigenvalue weighted by molar-refractivity contribution is 0.255. The number of aliphatic imine (C=N–C) groups is 1. The van der Waals surface area contributed by atoms with E-state index in [9.17, 15) is 0 Å². The molecule has 0 unspecified atom stereocenters. The molecule has 1 fully saturated rings. The second kappa shape index (κ2) is 11.5. The third-order valence-corrected chi connectivity index (χ3v) is 5.34. The minimum Gasteiger partial charge on any atom is -0.357 e. The first-order valence-corrected chi connectivity index (χ1v) is 10.9. The molecular weight excluding hydrogens is 374 g/mol. The molecule has 1 saturated heterocycles. The van der Waals surface area contributed by atoms with Gasteiger partial charge in [0.1, 0.15) is 0 Å². The maximum Gasteiger partial charge on any atom is 0.225 e. The molecule has 1 aliphatic heterocycles. The van der Waals surface area contributed by atoms with E-state index in [1.54, 1.807) is 0 Å². The summed E-state index contributed by atoms with van der Waals surface area (Å²) >= 11 is 0. The fraction of sp³-hybridized carbons (Fsp3) is 0.522. The average molecular weight is 410 g/mol. The number of aryl methyl sites for hydroxylation is 1. The van der Waals surface area contributed by atoms with Crippen molar-refractivity contribution in [2.24, 2.45) is 4.99 Å². The maximum absolute atomic E-state index is 4.85. The van der Waals surface area contributed by atoms with E-state index in [0.29, 0.717) is 0 Å². The number of guanidine groups is 1. The summed E-state index contributed by atoms with van der Waals surface area (Å²) in [7, 11) is 2.10. The van der Waals surface area contributed by atoms with Crippen LogP contribution in [0.15, 0.2) is 47.7 Å². The third-order valence-electron chi connectivity index (χ3n) is 5.34.